The van der Waals surface area contributed by atoms with E-state index in [1.54, 1.807) is 43.6 Å². The van der Waals surface area contributed by atoms with Gasteiger partial charge < -0.3 is 9.64 Å². The Balaban J connectivity index is 0.00000233. The maximum Gasteiger partial charge on any atom is 0.253 e. The molecule has 1 atom stereocenters. The average molecular weight is 427 g/mol. The summed E-state index contributed by atoms with van der Waals surface area (Å²) in [6.07, 6.45) is 22.0. The molecule has 1 aliphatic heterocycles. The summed E-state index contributed by atoms with van der Waals surface area (Å²) in [7, 11) is 1.60. The minimum absolute atomic E-state index is 0.0158. The number of methoxy groups -OCH3 is 1. The van der Waals surface area contributed by atoms with Crippen molar-refractivity contribution < 1.29 is 13.9 Å². The number of nitrogens with zero attached hydrogens (tertiary/aromatic N) is 4. The molecule has 0 aliphatic carbocycles. The summed E-state index contributed by atoms with van der Waals surface area (Å²) in [5.74, 6) is 0.461. The lowest BCUT2D eigenvalue weighted by atomic mass is 9.96. The number of amides is 1. The zero-order valence-corrected chi connectivity index (χ0v) is 18.5. The van der Waals surface area contributed by atoms with E-state index >= 15 is 0 Å². The molecule has 0 bridgehead atoms. The van der Waals surface area contributed by atoms with Gasteiger partial charge >= 0.3 is 0 Å². The van der Waals surface area contributed by atoms with Crippen molar-refractivity contribution in [3.8, 4) is 12.8 Å². The third-order valence-corrected chi connectivity index (χ3v) is 4.67. The summed E-state index contributed by atoms with van der Waals surface area (Å²) in [6.45, 7) is 4.38. The van der Waals surface area contributed by atoms with Crippen LogP contribution in [0.5, 0.6) is 0 Å². The number of allylic oxidation sites excluding steroid dienone is 3. The molecule has 166 valence electrons. The van der Waals surface area contributed by atoms with Crippen molar-refractivity contribution in [1.82, 2.24) is 14.9 Å². The molecule has 7 heteroatoms. The van der Waals surface area contributed by atoms with Gasteiger partial charge in [-0.15, -0.1) is 12.8 Å². The first-order valence-electron chi connectivity index (χ1n) is 10.2. The van der Waals surface area contributed by atoms with Gasteiger partial charge in [-0.2, -0.15) is 0 Å². The number of likely N-dealkylation sites (tertiary alicyclic amines) is 1. The Morgan fingerprint density at radius 1 is 1.42 bits per heavy atom. The number of halogens is 1. The van der Waals surface area contributed by atoms with E-state index in [1.165, 1.54) is 12.2 Å². The standard InChI is InChI=1S/C22H29FN4O2.C2H2/c1-4-8-19(20-15-24-12-13-25-20)26-21(29-3)18-10-7-14-27(16-18)22(28)17(5-2)9-6-11-23;1-2/h5-6,8-9,12-13,15,18H,4,7,10-11,14,16H2,1-3H3;1-2H/b9-6-,17-5+,19-8-,26-21?;/t18-;/m0./s1. The highest BCUT2D eigenvalue weighted by Crippen LogP contribution is 2.23. The second-order valence-corrected chi connectivity index (χ2v) is 6.63. The third-order valence-electron chi connectivity index (χ3n) is 4.67. The number of carbonyl (C=O) groups is 1. The molecule has 0 saturated carbocycles. The quantitative estimate of drug-likeness (QED) is 0.215. The van der Waals surface area contributed by atoms with E-state index < -0.39 is 6.67 Å². The molecule has 0 radical (unpaired) electrons. The number of ether oxygens (including phenoxy) is 1. The highest BCUT2D eigenvalue weighted by atomic mass is 19.1. The second-order valence-electron chi connectivity index (χ2n) is 6.63. The lowest BCUT2D eigenvalue weighted by molar-refractivity contribution is -0.128. The van der Waals surface area contributed by atoms with Crippen LogP contribution in [0.15, 0.2) is 53.5 Å². The van der Waals surface area contributed by atoms with Gasteiger partial charge in [0, 0.05) is 31.1 Å². The van der Waals surface area contributed by atoms with Crippen molar-refractivity contribution >= 4 is 17.5 Å². The fourth-order valence-corrected chi connectivity index (χ4v) is 3.26. The topological polar surface area (TPSA) is 67.7 Å². The van der Waals surface area contributed by atoms with E-state index in [0.29, 0.717) is 36.0 Å². The molecule has 1 aromatic heterocycles. The average Bonchev–Trinajstić information content (AvgIpc) is 2.84. The van der Waals surface area contributed by atoms with Gasteiger partial charge in [0.2, 0.25) is 0 Å². The monoisotopic (exact) mass is 426 g/mol. The van der Waals surface area contributed by atoms with Crippen molar-refractivity contribution in [3.63, 3.8) is 0 Å². The molecule has 1 fully saturated rings. The predicted molar refractivity (Wildman–Crippen MR) is 123 cm³/mol. The summed E-state index contributed by atoms with van der Waals surface area (Å²) in [5, 5.41) is 0. The molecular formula is C24H31FN4O2. The molecule has 1 aliphatic rings. The predicted octanol–water partition coefficient (Wildman–Crippen LogP) is 4.23. The van der Waals surface area contributed by atoms with Crippen LogP contribution < -0.4 is 0 Å². The van der Waals surface area contributed by atoms with Crippen molar-refractivity contribution in [2.45, 2.75) is 33.1 Å². The molecular weight excluding hydrogens is 395 g/mol. The minimum atomic E-state index is -0.595. The van der Waals surface area contributed by atoms with Gasteiger partial charge in [0.1, 0.15) is 12.4 Å². The number of alkyl halides is 1. The van der Waals surface area contributed by atoms with Crippen LogP contribution in [0, 0.1) is 18.8 Å². The van der Waals surface area contributed by atoms with Crippen LogP contribution in [0.1, 0.15) is 38.8 Å². The Hall–Kier alpha value is -3.27. The number of hydrogen-bond donors (Lipinski definition) is 0. The van der Waals surface area contributed by atoms with Crippen molar-refractivity contribution in [2.75, 3.05) is 26.9 Å². The van der Waals surface area contributed by atoms with Crippen LogP contribution in [-0.4, -0.2) is 53.5 Å². The first-order chi connectivity index (χ1) is 15.1. The number of aromatic nitrogens is 2. The van der Waals surface area contributed by atoms with E-state index in [2.05, 4.69) is 22.8 Å². The van der Waals surface area contributed by atoms with Gasteiger partial charge in [-0.1, -0.05) is 31.2 Å². The summed E-state index contributed by atoms with van der Waals surface area (Å²) in [4.78, 5) is 27.8. The van der Waals surface area contributed by atoms with E-state index in [-0.39, 0.29) is 11.8 Å². The van der Waals surface area contributed by atoms with Crippen LogP contribution in [0.3, 0.4) is 0 Å². The van der Waals surface area contributed by atoms with Crippen LogP contribution in [0.4, 0.5) is 4.39 Å². The molecule has 1 amide bonds. The van der Waals surface area contributed by atoms with Gasteiger partial charge in [0.25, 0.3) is 5.91 Å². The van der Waals surface area contributed by atoms with E-state index in [4.69, 9.17) is 9.73 Å². The molecule has 2 heterocycles. The number of hydrogen-bond acceptors (Lipinski definition) is 5. The lowest BCUT2D eigenvalue weighted by Crippen LogP contribution is -2.43. The third kappa shape index (κ3) is 7.82. The van der Waals surface area contributed by atoms with E-state index in [0.717, 1.165) is 19.3 Å². The van der Waals surface area contributed by atoms with Crippen LogP contribution >= 0.6 is 0 Å². The number of rotatable bonds is 7. The maximum absolute atomic E-state index is 12.8. The molecule has 0 unspecified atom stereocenters. The first-order valence-corrected chi connectivity index (χ1v) is 10.2. The smallest absolute Gasteiger partial charge is 0.253 e. The van der Waals surface area contributed by atoms with Gasteiger partial charge in [-0.3, -0.25) is 14.8 Å². The number of terminal acetylenes is 1. The molecule has 1 aromatic rings. The summed E-state index contributed by atoms with van der Waals surface area (Å²) < 4.78 is 18.1. The number of aliphatic imine (C=N–C) groups is 1. The zero-order valence-electron chi connectivity index (χ0n) is 18.5. The fraction of sp³-hybridized carbons (Fsp3) is 0.417. The number of piperidine rings is 1. The SMILES string of the molecule is C#C.C/C=C(\C=C/CF)C(=O)N1CCC[C@H](C(=N/C(=C\CC)c2cnccn2)OC)C1. The molecule has 0 N–H and O–H groups in total. The fourth-order valence-electron chi connectivity index (χ4n) is 3.26. The summed E-state index contributed by atoms with van der Waals surface area (Å²) in [5.41, 5.74) is 1.88. The second kappa shape index (κ2) is 14.7. The summed E-state index contributed by atoms with van der Waals surface area (Å²) >= 11 is 0. The molecule has 6 nitrogen and oxygen atoms in total. The Kier molecular flexibility index (Phi) is 12.2. The summed E-state index contributed by atoms with van der Waals surface area (Å²) in [6, 6.07) is 0. The van der Waals surface area contributed by atoms with Crippen molar-refractivity contribution in [2.24, 2.45) is 10.9 Å². The molecule has 0 aromatic carbocycles. The molecule has 2 rings (SSSR count). The van der Waals surface area contributed by atoms with Gasteiger partial charge in [-0.25, -0.2) is 9.38 Å². The Labute approximate surface area is 184 Å². The first kappa shape index (κ1) is 25.8. The minimum Gasteiger partial charge on any atom is -0.484 e. The normalized spacial score (nSPS) is 17.8. The van der Waals surface area contributed by atoms with Gasteiger partial charge in [0.05, 0.1) is 24.9 Å². The van der Waals surface area contributed by atoms with Crippen LogP contribution in [0.2, 0.25) is 0 Å². The highest BCUT2D eigenvalue weighted by molar-refractivity contribution is 5.96. The Morgan fingerprint density at radius 2 is 2.19 bits per heavy atom. The maximum atomic E-state index is 12.8. The van der Waals surface area contributed by atoms with E-state index in [1.807, 2.05) is 13.0 Å². The van der Waals surface area contributed by atoms with Crippen LogP contribution in [-0.2, 0) is 9.53 Å². The van der Waals surface area contributed by atoms with Gasteiger partial charge in [-0.05, 0) is 26.2 Å². The van der Waals surface area contributed by atoms with E-state index in [9.17, 15) is 9.18 Å². The van der Waals surface area contributed by atoms with Crippen molar-refractivity contribution in [1.29, 1.82) is 0 Å². The van der Waals surface area contributed by atoms with Crippen LogP contribution in [0.25, 0.3) is 5.70 Å². The Bertz CT molecular complexity index is 828. The highest BCUT2D eigenvalue weighted by Gasteiger charge is 2.29. The Morgan fingerprint density at radius 3 is 2.77 bits per heavy atom. The lowest BCUT2D eigenvalue weighted by Gasteiger charge is -2.33. The zero-order chi connectivity index (χ0) is 23.1. The van der Waals surface area contributed by atoms with Gasteiger partial charge in [0.15, 0.2) is 5.90 Å². The largest absolute Gasteiger partial charge is 0.484 e. The molecule has 1 saturated heterocycles. The number of carbonyl (C=O) groups excluding carboxylic acids is 1. The molecule has 0 spiro atoms. The molecule has 31 heavy (non-hydrogen) atoms. The van der Waals surface area contributed by atoms with Crippen molar-refractivity contribution in [3.05, 3.63) is 54.2 Å².